The average molecular weight is 551 g/mol. The molecule has 0 N–H and O–H groups in total. The van der Waals surface area contributed by atoms with E-state index in [9.17, 15) is 9.59 Å². The van der Waals surface area contributed by atoms with Gasteiger partial charge in [0.15, 0.2) is 5.78 Å². The van der Waals surface area contributed by atoms with Crippen molar-refractivity contribution >= 4 is 11.6 Å². The monoisotopic (exact) mass is 550 g/mol. The van der Waals surface area contributed by atoms with E-state index in [4.69, 9.17) is 18.9 Å². The highest BCUT2D eigenvalue weighted by Gasteiger charge is 2.25. The summed E-state index contributed by atoms with van der Waals surface area (Å²) < 4.78 is 22.0. The first-order valence-corrected chi connectivity index (χ1v) is 14.1. The lowest BCUT2D eigenvalue weighted by Crippen LogP contribution is -2.33. The Bertz CT molecular complexity index is 1030. The minimum Gasteiger partial charge on any atom is -0.494 e. The lowest BCUT2D eigenvalue weighted by atomic mass is 10.1. The molecule has 0 spiro atoms. The summed E-state index contributed by atoms with van der Waals surface area (Å²) >= 11 is 0. The van der Waals surface area contributed by atoms with Gasteiger partial charge in [-0.15, -0.1) is 0 Å². The van der Waals surface area contributed by atoms with Crippen molar-refractivity contribution in [3.63, 3.8) is 0 Å². The summed E-state index contributed by atoms with van der Waals surface area (Å²) in [6, 6.07) is 26.0. The Balaban J connectivity index is 0.000000325. The van der Waals surface area contributed by atoms with Gasteiger partial charge in [0.2, 0.25) is 12.1 Å². The van der Waals surface area contributed by atoms with E-state index in [0.717, 1.165) is 29.9 Å². The molecule has 0 bridgehead atoms. The molecule has 0 aliphatic heterocycles. The van der Waals surface area contributed by atoms with Crippen LogP contribution in [0, 0.1) is 0 Å². The van der Waals surface area contributed by atoms with Crippen LogP contribution in [-0.2, 0) is 9.47 Å². The summed E-state index contributed by atoms with van der Waals surface area (Å²) in [6.07, 6.45) is 0.890. The predicted molar refractivity (Wildman–Crippen MR) is 161 cm³/mol. The van der Waals surface area contributed by atoms with Crippen LogP contribution < -0.4 is 9.47 Å². The van der Waals surface area contributed by atoms with Gasteiger partial charge < -0.3 is 18.9 Å². The van der Waals surface area contributed by atoms with E-state index in [0.29, 0.717) is 18.8 Å². The zero-order chi connectivity index (χ0) is 29.8. The summed E-state index contributed by atoms with van der Waals surface area (Å²) in [7, 11) is 0. The molecule has 3 aromatic rings. The van der Waals surface area contributed by atoms with E-state index in [2.05, 4.69) is 0 Å². The molecule has 40 heavy (non-hydrogen) atoms. The number of Topliss-reactive ketones (excluding diaryl/α,β-unsaturated/α-hetero) is 2. The fourth-order valence-electron chi connectivity index (χ4n) is 3.15. The minimum atomic E-state index is -0.813. The highest BCUT2D eigenvalue weighted by molar-refractivity contribution is 5.98. The van der Waals surface area contributed by atoms with Crippen molar-refractivity contribution in [1.29, 1.82) is 0 Å². The maximum absolute atomic E-state index is 12.4. The van der Waals surface area contributed by atoms with Crippen LogP contribution in [0.25, 0.3) is 0 Å². The van der Waals surface area contributed by atoms with Gasteiger partial charge in [-0.3, -0.25) is 9.59 Å². The lowest BCUT2D eigenvalue weighted by Gasteiger charge is -2.24. The second-order valence-corrected chi connectivity index (χ2v) is 9.03. The smallest absolute Gasteiger partial charge is 0.223 e. The molecule has 0 saturated carbocycles. The zero-order valence-electron chi connectivity index (χ0n) is 25.1. The fourth-order valence-corrected chi connectivity index (χ4v) is 3.15. The van der Waals surface area contributed by atoms with Crippen LogP contribution >= 0.6 is 0 Å². The van der Waals surface area contributed by atoms with Crippen LogP contribution in [0.15, 0.2) is 84.9 Å². The van der Waals surface area contributed by atoms with E-state index >= 15 is 0 Å². The molecule has 0 amide bonds. The quantitative estimate of drug-likeness (QED) is 0.158. The zero-order valence-corrected chi connectivity index (χ0v) is 25.1. The maximum atomic E-state index is 12.4. The van der Waals surface area contributed by atoms with Gasteiger partial charge in [0, 0.05) is 11.1 Å². The Morgan fingerprint density at radius 3 is 1.27 bits per heavy atom. The molecule has 0 aliphatic carbocycles. The summed E-state index contributed by atoms with van der Waals surface area (Å²) in [6.45, 7) is 14.9. The molecule has 0 saturated heterocycles. The number of hydrogen-bond acceptors (Lipinski definition) is 6. The van der Waals surface area contributed by atoms with Crippen LogP contribution in [0.3, 0.4) is 0 Å². The molecule has 0 fully saturated rings. The Labute approximate surface area is 240 Å². The first-order chi connectivity index (χ1) is 19.2. The highest BCUT2D eigenvalue weighted by atomic mass is 16.7. The van der Waals surface area contributed by atoms with Crippen molar-refractivity contribution in [2.45, 2.75) is 79.8 Å². The van der Waals surface area contributed by atoms with Crippen molar-refractivity contribution in [3.05, 3.63) is 96.1 Å². The largest absolute Gasteiger partial charge is 0.494 e. The Hall–Kier alpha value is -3.48. The molecular weight excluding hydrogens is 504 g/mol. The summed E-state index contributed by atoms with van der Waals surface area (Å²) in [4.78, 5) is 23.0. The maximum Gasteiger partial charge on any atom is 0.223 e. The molecule has 218 valence electrons. The number of rotatable bonds is 13. The first kappa shape index (κ1) is 34.5. The van der Waals surface area contributed by atoms with E-state index in [1.54, 1.807) is 19.1 Å². The van der Waals surface area contributed by atoms with Gasteiger partial charge in [-0.05, 0) is 71.7 Å². The van der Waals surface area contributed by atoms with Gasteiger partial charge in [0.05, 0.1) is 25.4 Å². The van der Waals surface area contributed by atoms with Gasteiger partial charge in [0.25, 0.3) is 0 Å². The molecule has 3 rings (SSSR count). The van der Waals surface area contributed by atoms with E-state index < -0.39 is 6.29 Å². The fraction of sp³-hybridized carbons (Fsp3) is 0.412. The topological polar surface area (TPSA) is 71.1 Å². The van der Waals surface area contributed by atoms with Crippen molar-refractivity contribution in [2.24, 2.45) is 0 Å². The molecular formula is C34H46O6. The predicted octanol–water partition coefficient (Wildman–Crippen LogP) is 8.20. The Kier molecular flexibility index (Phi) is 17.6. The second-order valence-electron chi connectivity index (χ2n) is 9.03. The third-order valence-electron chi connectivity index (χ3n) is 5.76. The number of ketones is 2. The van der Waals surface area contributed by atoms with E-state index in [1.807, 2.05) is 114 Å². The van der Waals surface area contributed by atoms with E-state index in [-0.39, 0.29) is 23.8 Å². The number of carbonyl (C=O) groups excluding carboxylic acids is 2. The van der Waals surface area contributed by atoms with Crippen LogP contribution in [-0.4, -0.2) is 43.3 Å². The van der Waals surface area contributed by atoms with Crippen molar-refractivity contribution in [1.82, 2.24) is 0 Å². The molecule has 0 aromatic heterocycles. The standard InChI is InChI=1S/C16H24O3.C10H14O2.C8H8O/c1-5-12(3)18-16(19-13(4)6-2)15(17)14-10-8-7-9-11-14;1-3-11-9-5-7-10(8-6-9)12-4-2;1-7(9)8-5-3-2-4-6-8/h7-13,16H,5-6H2,1-4H3;5-8H,3-4H2,1-2H3;2-6H,1H3. The van der Waals surface area contributed by atoms with Gasteiger partial charge in [-0.2, -0.15) is 0 Å². The van der Waals surface area contributed by atoms with Crippen molar-refractivity contribution in [2.75, 3.05) is 13.2 Å². The van der Waals surface area contributed by atoms with Gasteiger partial charge in [-0.25, -0.2) is 0 Å². The molecule has 2 atom stereocenters. The van der Waals surface area contributed by atoms with Crippen molar-refractivity contribution < 1.29 is 28.5 Å². The number of carbonyl (C=O) groups is 2. The lowest BCUT2D eigenvalue weighted by molar-refractivity contribution is -0.161. The minimum absolute atomic E-state index is 0.00159. The Morgan fingerprint density at radius 1 is 0.600 bits per heavy atom. The van der Waals surface area contributed by atoms with Crippen LogP contribution in [0.5, 0.6) is 11.5 Å². The SMILES string of the molecule is CC(=O)c1ccccc1.CCC(C)OC(OC(C)CC)C(=O)c1ccccc1.CCOc1ccc(OCC)cc1. The van der Waals surface area contributed by atoms with Gasteiger partial charge in [0.1, 0.15) is 11.5 Å². The highest BCUT2D eigenvalue weighted by Crippen LogP contribution is 2.17. The number of hydrogen-bond donors (Lipinski definition) is 0. The third kappa shape index (κ3) is 14.1. The summed E-state index contributed by atoms with van der Waals surface area (Å²) in [5.74, 6) is 1.79. The van der Waals surface area contributed by atoms with Crippen molar-refractivity contribution in [3.8, 4) is 11.5 Å². The molecule has 2 unspecified atom stereocenters. The second kappa shape index (κ2) is 20.4. The van der Waals surface area contributed by atoms with Crippen LogP contribution in [0.2, 0.25) is 0 Å². The molecule has 0 heterocycles. The molecule has 6 heteroatoms. The molecule has 0 aliphatic rings. The van der Waals surface area contributed by atoms with E-state index in [1.165, 1.54) is 0 Å². The van der Waals surface area contributed by atoms with Crippen LogP contribution in [0.1, 0.15) is 82.0 Å². The third-order valence-corrected chi connectivity index (χ3v) is 5.76. The normalized spacial score (nSPS) is 12.4. The molecule has 6 nitrogen and oxygen atoms in total. The first-order valence-electron chi connectivity index (χ1n) is 14.1. The van der Waals surface area contributed by atoms with Crippen LogP contribution in [0.4, 0.5) is 0 Å². The molecule has 3 aromatic carbocycles. The Morgan fingerprint density at radius 2 is 0.975 bits per heavy atom. The number of ether oxygens (including phenoxy) is 4. The average Bonchev–Trinajstić information content (AvgIpc) is 2.99. The molecule has 0 radical (unpaired) electrons. The van der Waals surface area contributed by atoms with Gasteiger partial charge >= 0.3 is 0 Å². The number of benzene rings is 3. The van der Waals surface area contributed by atoms with Gasteiger partial charge in [-0.1, -0.05) is 74.5 Å². The summed E-state index contributed by atoms with van der Waals surface area (Å²) in [5.41, 5.74) is 1.40. The summed E-state index contributed by atoms with van der Waals surface area (Å²) in [5, 5.41) is 0.